The molecule has 24 heavy (non-hydrogen) atoms. The number of aryl methyl sites for hydroxylation is 1. The average Bonchev–Trinajstić information content (AvgIpc) is 2.67. The first-order valence-corrected chi connectivity index (χ1v) is 8.82. The summed E-state index contributed by atoms with van der Waals surface area (Å²) in [5.41, 5.74) is 2.90. The molecule has 3 heteroatoms. The molecule has 0 bridgehead atoms. The minimum absolute atomic E-state index is 0.0118. The monoisotopic (exact) mass is 323 g/mol. The number of hydrogen-bond acceptors (Lipinski definition) is 2. The summed E-state index contributed by atoms with van der Waals surface area (Å²) in [7, 11) is 0. The quantitative estimate of drug-likeness (QED) is 0.909. The molecule has 1 atom stereocenters. The number of aliphatic hydroxyl groups is 1. The zero-order valence-corrected chi connectivity index (χ0v) is 14.0. The van der Waals surface area contributed by atoms with Crippen molar-refractivity contribution in [2.45, 2.75) is 44.8 Å². The zero-order valence-electron chi connectivity index (χ0n) is 14.0. The number of piperidine rings is 1. The van der Waals surface area contributed by atoms with Gasteiger partial charge in [0.05, 0.1) is 6.61 Å². The van der Waals surface area contributed by atoms with Crippen molar-refractivity contribution in [3.63, 3.8) is 0 Å². The predicted molar refractivity (Wildman–Crippen MR) is 95.8 cm³/mol. The smallest absolute Gasteiger partial charge is 0.254 e. The molecule has 1 aliphatic heterocycles. The van der Waals surface area contributed by atoms with E-state index < -0.39 is 0 Å². The second-order valence-corrected chi connectivity index (χ2v) is 6.53. The van der Waals surface area contributed by atoms with Gasteiger partial charge in [0.25, 0.3) is 5.91 Å². The third-order valence-electron chi connectivity index (χ3n) is 4.88. The Kier molecular flexibility index (Phi) is 5.65. The van der Waals surface area contributed by atoms with E-state index in [0.29, 0.717) is 6.04 Å². The largest absolute Gasteiger partial charge is 0.392 e. The Balaban J connectivity index is 1.67. The highest BCUT2D eigenvalue weighted by Crippen LogP contribution is 2.23. The van der Waals surface area contributed by atoms with Gasteiger partial charge in [-0.2, -0.15) is 0 Å². The fourth-order valence-electron chi connectivity index (χ4n) is 3.46. The Morgan fingerprint density at radius 1 is 1.00 bits per heavy atom. The number of amides is 1. The first-order chi connectivity index (χ1) is 11.8. The van der Waals surface area contributed by atoms with E-state index in [-0.39, 0.29) is 12.5 Å². The van der Waals surface area contributed by atoms with Crippen molar-refractivity contribution in [3.05, 3.63) is 71.3 Å². The molecular weight excluding hydrogens is 298 g/mol. The number of likely N-dealkylation sites (tertiary alicyclic amines) is 1. The van der Waals surface area contributed by atoms with Gasteiger partial charge in [0.15, 0.2) is 0 Å². The van der Waals surface area contributed by atoms with Gasteiger partial charge in [-0.1, -0.05) is 42.5 Å². The van der Waals surface area contributed by atoms with E-state index in [2.05, 4.69) is 29.2 Å². The Morgan fingerprint density at radius 3 is 2.46 bits per heavy atom. The molecule has 3 nitrogen and oxygen atoms in total. The van der Waals surface area contributed by atoms with E-state index in [4.69, 9.17) is 5.11 Å². The molecule has 0 spiro atoms. The maximum Gasteiger partial charge on any atom is 0.254 e. The first-order valence-electron chi connectivity index (χ1n) is 8.82. The third-order valence-corrected chi connectivity index (χ3v) is 4.88. The molecule has 126 valence electrons. The first kappa shape index (κ1) is 16.7. The van der Waals surface area contributed by atoms with E-state index in [9.17, 15) is 4.79 Å². The summed E-state index contributed by atoms with van der Waals surface area (Å²) < 4.78 is 0. The van der Waals surface area contributed by atoms with E-state index >= 15 is 0 Å². The van der Waals surface area contributed by atoms with Crippen molar-refractivity contribution < 1.29 is 9.90 Å². The second kappa shape index (κ2) is 8.11. The summed E-state index contributed by atoms with van der Waals surface area (Å²) in [5.74, 6) is 0.122. The Morgan fingerprint density at radius 2 is 1.75 bits per heavy atom. The van der Waals surface area contributed by atoms with Crippen LogP contribution in [0.3, 0.4) is 0 Å². The van der Waals surface area contributed by atoms with Crippen molar-refractivity contribution >= 4 is 5.91 Å². The second-order valence-electron chi connectivity index (χ2n) is 6.53. The van der Waals surface area contributed by atoms with Crippen molar-refractivity contribution in [1.29, 1.82) is 0 Å². The topological polar surface area (TPSA) is 40.5 Å². The van der Waals surface area contributed by atoms with Crippen LogP contribution in [-0.4, -0.2) is 28.5 Å². The average molecular weight is 323 g/mol. The minimum atomic E-state index is 0.0118. The highest BCUT2D eigenvalue weighted by atomic mass is 16.3. The van der Waals surface area contributed by atoms with Crippen LogP contribution in [0.4, 0.5) is 0 Å². The van der Waals surface area contributed by atoms with Crippen molar-refractivity contribution in [1.82, 2.24) is 4.90 Å². The van der Waals surface area contributed by atoms with E-state index in [1.165, 1.54) is 12.0 Å². The molecule has 0 radical (unpaired) electrons. The summed E-state index contributed by atoms with van der Waals surface area (Å²) >= 11 is 0. The van der Waals surface area contributed by atoms with Crippen LogP contribution in [0.25, 0.3) is 0 Å². The van der Waals surface area contributed by atoms with Gasteiger partial charge in [-0.3, -0.25) is 4.79 Å². The van der Waals surface area contributed by atoms with Gasteiger partial charge < -0.3 is 10.0 Å². The molecule has 0 aliphatic carbocycles. The lowest BCUT2D eigenvalue weighted by Crippen LogP contribution is -2.44. The molecule has 1 heterocycles. The van der Waals surface area contributed by atoms with Crippen LogP contribution in [-0.2, 0) is 13.0 Å². The maximum absolute atomic E-state index is 12.9. The van der Waals surface area contributed by atoms with Crippen LogP contribution >= 0.6 is 0 Å². The maximum atomic E-state index is 12.9. The van der Waals surface area contributed by atoms with E-state index in [1.807, 2.05) is 30.3 Å². The Bertz CT molecular complexity index is 651. The van der Waals surface area contributed by atoms with Crippen LogP contribution in [0.5, 0.6) is 0 Å². The summed E-state index contributed by atoms with van der Waals surface area (Å²) in [4.78, 5) is 14.9. The van der Waals surface area contributed by atoms with Crippen LogP contribution in [0.1, 0.15) is 47.2 Å². The lowest BCUT2D eigenvalue weighted by Gasteiger charge is -2.36. The van der Waals surface area contributed by atoms with Gasteiger partial charge in [0.2, 0.25) is 0 Å². The van der Waals surface area contributed by atoms with Gasteiger partial charge >= 0.3 is 0 Å². The number of rotatable bonds is 5. The molecule has 2 aromatic rings. The summed E-state index contributed by atoms with van der Waals surface area (Å²) in [6.45, 7) is 0.859. The Hall–Kier alpha value is -2.13. The van der Waals surface area contributed by atoms with Crippen LogP contribution < -0.4 is 0 Å². The van der Waals surface area contributed by atoms with Gasteiger partial charge in [-0.15, -0.1) is 0 Å². The summed E-state index contributed by atoms with van der Waals surface area (Å²) in [6, 6.07) is 18.1. The minimum Gasteiger partial charge on any atom is -0.392 e. The standard InChI is InChI=1S/C21H25NO2/c23-16-18-9-12-19(13-10-18)21(24)22-15-5-4-8-20(22)14-11-17-6-2-1-3-7-17/h1-3,6-7,9-10,12-13,20,23H,4-5,8,11,14-16H2. The third kappa shape index (κ3) is 4.04. The number of carbonyl (C=O) groups is 1. The van der Waals surface area contributed by atoms with Crippen molar-refractivity contribution in [2.75, 3.05) is 6.54 Å². The molecule has 1 fully saturated rings. The zero-order chi connectivity index (χ0) is 16.8. The van der Waals surface area contributed by atoms with E-state index in [0.717, 1.165) is 43.4 Å². The predicted octanol–water partition coefficient (Wildman–Crippen LogP) is 3.81. The van der Waals surface area contributed by atoms with Gasteiger partial charge in [-0.05, 0) is 55.4 Å². The molecule has 3 rings (SSSR count). The number of benzene rings is 2. The molecule has 1 unspecified atom stereocenters. The SMILES string of the molecule is O=C(c1ccc(CO)cc1)N1CCCCC1CCc1ccccc1. The molecule has 0 saturated carbocycles. The highest BCUT2D eigenvalue weighted by molar-refractivity contribution is 5.94. The number of aliphatic hydroxyl groups excluding tert-OH is 1. The van der Waals surface area contributed by atoms with Crippen LogP contribution in [0, 0.1) is 0 Å². The number of hydrogen-bond donors (Lipinski definition) is 1. The van der Waals surface area contributed by atoms with Crippen LogP contribution in [0.2, 0.25) is 0 Å². The van der Waals surface area contributed by atoms with Gasteiger partial charge in [0, 0.05) is 18.2 Å². The normalized spacial score (nSPS) is 17.7. The fraction of sp³-hybridized carbons (Fsp3) is 0.381. The molecule has 2 aromatic carbocycles. The molecule has 1 amide bonds. The molecule has 1 aliphatic rings. The lowest BCUT2D eigenvalue weighted by atomic mass is 9.95. The molecule has 1 saturated heterocycles. The van der Waals surface area contributed by atoms with Gasteiger partial charge in [0.1, 0.15) is 0 Å². The van der Waals surface area contributed by atoms with Crippen LogP contribution in [0.15, 0.2) is 54.6 Å². The van der Waals surface area contributed by atoms with E-state index in [1.54, 1.807) is 0 Å². The highest BCUT2D eigenvalue weighted by Gasteiger charge is 2.27. The molecule has 1 N–H and O–H groups in total. The summed E-state index contributed by atoms with van der Waals surface area (Å²) in [5, 5.41) is 9.14. The van der Waals surface area contributed by atoms with Crippen molar-refractivity contribution in [3.8, 4) is 0 Å². The van der Waals surface area contributed by atoms with Crippen molar-refractivity contribution in [2.24, 2.45) is 0 Å². The Labute approximate surface area is 143 Å². The fourth-order valence-corrected chi connectivity index (χ4v) is 3.46. The number of carbonyl (C=O) groups excluding carboxylic acids is 1. The molecule has 0 aromatic heterocycles. The summed E-state index contributed by atoms with van der Waals surface area (Å²) in [6.07, 6.45) is 5.41. The number of nitrogens with zero attached hydrogens (tertiary/aromatic N) is 1. The van der Waals surface area contributed by atoms with Gasteiger partial charge in [-0.25, -0.2) is 0 Å². The molecular formula is C21H25NO2. The lowest BCUT2D eigenvalue weighted by molar-refractivity contribution is 0.0602.